The minimum atomic E-state index is -0.0344. The second kappa shape index (κ2) is 3.14. The second-order valence-electron chi connectivity index (χ2n) is 5.49. The molecule has 0 saturated carbocycles. The SMILES string of the molecule is CC(CC(C)(C)C)C(C)(C)N. The van der Waals surface area contributed by atoms with Crippen LogP contribution in [0, 0.1) is 11.3 Å². The van der Waals surface area contributed by atoms with Gasteiger partial charge >= 0.3 is 0 Å². The Hall–Kier alpha value is -0.0400. The molecule has 0 spiro atoms. The average molecular weight is 157 g/mol. The van der Waals surface area contributed by atoms with Crippen molar-refractivity contribution in [2.24, 2.45) is 17.1 Å². The predicted molar refractivity (Wildman–Crippen MR) is 51.5 cm³/mol. The molecule has 68 valence electrons. The Labute approximate surface area is 71.4 Å². The number of hydrogen-bond acceptors (Lipinski definition) is 1. The summed E-state index contributed by atoms with van der Waals surface area (Å²) in [6.45, 7) is 13.2. The first-order chi connectivity index (χ1) is 4.63. The first-order valence-corrected chi connectivity index (χ1v) is 4.42. The zero-order valence-electron chi connectivity index (χ0n) is 8.86. The number of hydrogen-bond donors (Lipinski definition) is 1. The molecule has 1 nitrogen and oxygen atoms in total. The Kier molecular flexibility index (Phi) is 3.13. The van der Waals surface area contributed by atoms with Crippen LogP contribution in [-0.4, -0.2) is 5.54 Å². The molecule has 0 aliphatic carbocycles. The summed E-state index contributed by atoms with van der Waals surface area (Å²) in [5, 5.41) is 0. The molecule has 2 N–H and O–H groups in total. The van der Waals surface area contributed by atoms with E-state index in [0.717, 1.165) is 0 Å². The summed E-state index contributed by atoms with van der Waals surface area (Å²) in [6, 6.07) is 0. The van der Waals surface area contributed by atoms with Crippen molar-refractivity contribution in [3.05, 3.63) is 0 Å². The van der Waals surface area contributed by atoms with Gasteiger partial charge in [0.15, 0.2) is 0 Å². The summed E-state index contributed by atoms with van der Waals surface area (Å²) in [5.41, 5.74) is 6.35. The van der Waals surface area contributed by atoms with E-state index in [-0.39, 0.29) is 5.54 Å². The number of rotatable bonds is 2. The van der Waals surface area contributed by atoms with Crippen LogP contribution >= 0.6 is 0 Å². The van der Waals surface area contributed by atoms with Gasteiger partial charge in [-0.15, -0.1) is 0 Å². The summed E-state index contributed by atoms with van der Waals surface area (Å²) in [5.74, 6) is 0.586. The molecule has 0 heterocycles. The van der Waals surface area contributed by atoms with Gasteiger partial charge in [0.1, 0.15) is 0 Å². The highest BCUT2D eigenvalue weighted by molar-refractivity contribution is 4.82. The first-order valence-electron chi connectivity index (χ1n) is 4.42. The fourth-order valence-electron chi connectivity index (χ4n) is 1.18. The third-order valence-electron chi connectivity index (χ3n) is 2.19. The Morgan fingerprint density at radius 3 is 1.55 bits per heavy atom. The van der Waals surface area contributed by atoms with E-state index in [1.54, 1.807) is 0 Å². The molecule has 0 rings (SSSR count). The smallest absolute Gasteiger partial charge is 0.0123 e. The fraction of sp³-hybridized carbons (Fsp3) is 1.00. The topological polar surface area (TPSA) is 26.0 Å². The van der Waals surface area contributed by atoms with Crippen molar-refractivity contribution in [3.8, 4) is 0 Å². The highest BCUT2D eigenvalue weighted by Crippen LogP contribution is 2.29. The molecule has 1 atom stereocenters. The van der Waals surface area contributed by atoms with Gasteiger partial charge in [-0.05, 0) is 31.6 Å². The van der Waals surface area contributed by atoms with E-state index in [4.69, 9.17) is 5.73 Å². The molecular weight excluding hydrogens is 134 g/mol. The van der Waals surface area contributed by atoms with Crippen LogP contribution in [-0.2, 0) is 0 Å². The Morgan fingerprint density at radius 1 is 1.09 bits per heavy atom. The maximum absolute atomic E-state index is 5.99. The maximum atomic E-state index is 5.99. The van der Waals surface area contributed by atoms with Crippen LogP contribution in [0.4, 0.5) is 0 Å². The van der Waals surface area contributed by atoms with Gasteiger partial charge in [0.05, 0.1) is 0 Å². The van der Waals surface area contributed by atoms with Crippen LogP contribution in [0.25, 0.3) is 0 Å². The Balaban J connectivity index is 3.99. The zero-order valence-corrected chi connectivity index (χ0v) is 8.86. The molecule has 0 saturated heterocycles. The van der Waals surface area contributed by atoms with Gasteiger partial charge in [-0.3, -0.25) is 0 Å². The van der Waals surface area contributed by atoms with Gasteiger partial charge in [0.2, 0.25) is 0 Å². The average Bonchev–Trinajstić information content (AvgIpc) is 1.56. The maximum Gasteiger partial charge on any atom is 0.0123 e. The first kappa shape index (κ1) is 11.0. The van der Waals surface area contributed by atoms with E-state index in [0.29, 0.717) is 11.3 Å². The Bertz CT molecular complexity index is 114. The third kappa shape index (κ3) is 5.25. The van der Waals surface area contributed by atoms with Gasteiger partial charge in [0.25, 0.3) is 0 Å². The molecule has 1 heteroatoms. The molecule has 0 aliphatic heterocycles. The van der Waals surface area contributed by atoms with Crippen molar-refractivity contribution in [2.45, 2.75) is 53.5 Å². The summed E-state index contributed by atoms with van der Waals surface area (Å²) >= 11 is 0. The number of nitrogens with two attached hydrogens (primary N) is 1. The molecule has 0 bridgehead atoms. The molecule has 1 unspecified atom stereocenters. The standard InChI is InChI=1S/C10H23N/c1-8(10(5,6)11)7-9(2,3)4/h8H,7,11H2,1-6H3. The lowest BCUT2D eigenvalue weighted by atomic mass is 9.77. The molecule has 0 amide bonds. The fourth-order valence-corrected chi connectivity index (χ4v) is 1.18. The normalized spacial score (nSPS) is 16.6. The summed E-state index contributed by atoms with van der Waals surface area (Å²) in [7, 11) is 0. The van der Waals surface area contributed by atoms with E-state index in [1.807, 2.05) is 0 Å². The van der Waals surface area contributed by atoms with Crippen LogP contribution in [0.3, 0.4) is 0 Å². The minimum Gasteiger partial charge on any atom is -0.325 e. The van der Waals surface area contributed by atoms with Crippen molar-refractivity contribution >= 4 is 0 Å². The second-order valence-corrected chi connectivity index (χ2v) is 5.49. The lowest BCUT2D eigenvalue weighted by molar-refractivity contribution is 0.231. The largest absolute Gasteiger partial charge is 0.325 e. The molecular formula is C10H23N. The van der Waals surface area contributed by atoms with Crippen molar-refractivity contribution < 1.29 is 0 Å². The highest BCUT2D eigenvalue weighted by atomic mass is 14.7. The van der Waals surface area contributed by atoms with E-state index in [2.05, 4.69) is 41.5 Å². The van der Waals surface area contributed by atoms with Gasteiger partial charge in [-0.1, -0.05) is 27.7 Å². The third-order valence-corrected chi connectivity index (χ3v) is 2.19. The zero-order chi connectivity index (χ0) is 9.28. The van der Waals surface area contributed by atoms with Crippen molar-refractivity contribution in [2.75, 3.05) is 0 Å². The summed E-state index contributed by atoms with van der Waals surface area (Å²) in [4.78, 5) is 0. The van der Waals surface area contributed by atoms with Crippen LogP contribution in [0.15, 0.2) is 0 Å². The summed E-state index contributed by atoms with van der Waals surface area (Å²) < 4.78 is 0. The van der Waals surface area contributed by atoms with Crippen molar-refractivity contribution in [1.82, 2.24) is 0 Å². The van der Waals surface area contributed by atoms with Gasteiger partial charge in [-0.25, -0.2) is 0 Å². The van der Waals surface area contributed by atoms with Crippen LogP contribution in [0.1, 0.15) is 48.0 Å². The molecule has 0 aliphatic rings. The predicted octanol–water partition coefficient (Wildman–Crippen LogP) is 2.80. The monoisotopic (exact) mass is 157 g/mol. The molecule has 0 aromatic heterocycles. The van der Waals surface area contributed by atoms with Gasteiger partial charge in [-0.2, -0.15) is 0 Å². The highest BCUT2D eigenvalue weighted by Gasteiger charge is 2.25. The molecule has 11 heavy (non-hydrogen) atoms. The molecule has 0 aromatic carbocycles. The molecule has 0 aromatic rings. The van der Waals surface area contributed by atoms with Crippen LogP contribution in [0.2, 0.25) is 0 Å². The lowest BCUT2D eigenvalue weighted by Gasteiger charge is -2.32. The van der Waals surface area contributed by atoms with Crippen molar-refractivity contribution in [3.63, 3.8) is 0 Å². The molecule has 0 fully saturated rings. The summed E-state index contributed by atoms with van der Waals surface area (Å²) in [6.07, 6.45) is 1.19. The van der Waals surface area contributed by atoms with E-state index in [1.165, 1.54) is 6.42 Å². The lowest BCUT2D eigenvalue weighted by Crippen LogP contribution is -2.40. The van der Waals surface area contributed by atoms with Crippen LogP contribution in [0.5, 0.6) is 0 Å². The van der Waals surface area contributed by atoms with Gasteiger partial charge < -0.3 is 5.73 Å². The van der Waals surface area contributed by atoms with E-state index < -0.39 is 0 Å². The van der Waals surface area contributed by atoms with E-state index in [9.17, 15) is 0 Å². The molecule has 0 radical (unpaired) electrons. The van der Waals surface area contributed by atoms with Gasteiger partial charge in [0, 0.05) is 5.54 Å². The van der Waals surface area contributed by atoms with Crippen molar-refractivity contribution in [1.29, 1.82) is 0 Å². The Morgan fingerprint density at radius 2 is 1.45 bits per heavy atom. The van der Waals surface area contributed by atoms with E-state index >= 15 is 0 Å². The minimum absolute atomic E-state index is 0.0344. The van der Waals surface area contributed by atoms with Crippen LogP contribution < -0.4 is 5.73 Å². The quantitative estimate of drug-likeness (QED) is 0.655.